The van der Waals surface area contributed by atoms with Crippen LogP contribution in [0.1, 0.15) is 38.7 Å². The Morgan fingerprint density at radius 3 is 2.77 bits per heavy atom. The van der Waals surface area contributed by atoms with Crippen LogP contribution in [0, 0.1) is 0 Å². The lowest BCUT2D eigenvalue weighted by Gasteiger charge is -2.10. The van der Waals surface area contributed by atoms with E-state index in [-0.39, 0.29) is 0 Å². The van der Waals surface area contributed by atoms with Gasteiger partial charge in [0.25, 0.3) is 0 Å². The van der Waals surface area contributed by atoms with Gasteiger partial charge in [-0.05, 0) is 31.7 Å². The number of rotatable bonds is 11. The zero-order chi connectivity index (χ0) is 16.0. The van der Waals surface area contributed by atoms with E-state index in [1.807, 2.05) is 24.1 Å². The third-order valence-electron chi connectivity index (χ3n) is 3.17. The molecule has 0 aliphatic heterocycles. The Balaban J connectivity index is 2.18. The second-order valence-electron chi connectivity index (χ2n) is 5.28. The van der Waals surface area contributed by atoms with Gasteiger partial charge >= 0.3 is 0 Å². The number of guanidine groups is 1. The van der Waals surface area contributed by atoms with E-state index in [9.17, 15) is 0 Å². The predicted octanol–water partition coefficient (Wildman–Crippen LogP) is 1.72. The van der Waals surface area contributed by atoms with Gasteiger partial charge in [-0.3, -0.25) is 9.67 Å². The average Bonchev–Trinajstić information content (AvgIpc) is 2.92. The first-order chi connectivity index (χ1) is 10.8. The monoisotopic (exact) mass is 309 g/mol. The van der Waals surface area contributed by atoms with Crippen molar-refractivity contribution in [3.8, 4) is 0 Å². The van der Waals surface area contributed by atoms with Crippen LogP contribution in [0.5, 0.6) is 0 Å². The Bertz CT molecular complexity index is 416. The summed E-state index contributed by atoms with van der Waals surface area (Å²) in [4.78, 5) is 4.56. The molecular formula is C16H31N5O. The predicted molar refractivity (Wildman–Crippen MR) is 91.2 cm³/mol. The highest BCUT2D eigenvalue weighted by atomic mass is 16.5. The van der Waals surface area contributed by atoms with Crippen molar-refractivity contribution in [2.75, 3.05) is 32.8 Å². The van der Waals surface area contributed by atoms with Crippen molar-refractivity contribution in [1.29, 1.82) is 0 Å². The molecule has 1 rings (SSSR count). The molecule has 0 atom stereocenters. The maximum Gasteiger partial charge on any atom is 0.191 e. The smallest absolute Gasteiger partial charge is 0.191 e. The summed E-state index contributed by atoms with van der Waals surface area (Å²) < 4.78 is 7.36. The molecule has 126 valence electrons. The SMILES string of the molecule is CCCCOCCCN=C(NCC)NCCc1cnn(C)c1. The minimum Gasteiger partial charge on any atom is -0.381 e. The molecule has 2 N–H and O–H groups in total. The van der Waals surface area contributed by atoms with Crippen LogP contribution in [0.25, 0.3) is 0 Å². The van der Waals surface area contributed by atoms with Crippen LogP contribution >= 0.6 is 0 Å². The second-order valence-corrected chi connectivity index (χ2v) is 5.28. The molecule has 1 aromatic heterocycles. The first kappa shape index (κ1) is 18.5. The van der Waals surface area contributed by atoms with E-state index in [2.05, 4.69) is 34.6 Å². The quantitative estimate of drug-likeness (QED) is 0.371. The fraction of sp³-hybridized carbons (Fsp3) is 0.750. The lowest BCUT2D eigenvalue weighted by atomic mass is 10.2. The Kier molecular flexibility index (Phi) is 10.1. The van der Waals surface area contributed by atoms with Crippen molar-refractivity contribution in [2.24, 2.45) is 12.0 Å². The van der Waals surface area contributed by atoms with Gasteiger partial charge in [-0.2, -0.15) is 5.10 Å². The van der Waals surface area contributed by atoms with E-state index in [0.29, 0.717) is 0 Å². The van der Waals surface area contributed by atoms with Crippen LogP contribution in [0.2, 0.25) is 0 Å². The summed E-state index contributed by atoms with van der Waals surface area (Å²) in [6.07, 6.45) is 8.17. The molecule has 0 radical (unpaired) electrons. The van der Waals surface area contributed by atoms with E-state index >= 15 is 0 Å². The van der Waals surface area contributed by atoms with Gasteiger partial charge in [0.15, 0.2) is 5.96 Å². The fourth-order valence-electron chi connectivity index (χ4n) is 1.97. The molecule has 0 bridgehead atoms. The highest BCUT2D eigenvalue weighted by Crippen LogP contribution is 1.96. The van der Waals surface area contributed by atoms with Crippen LogP contribution in [0.15, 0.2) is 17.4 Å². The third-order valence-corrected chi connectivity index (χ3v) is 3.17. The maximum absolute atomic E-state index is 5.54. The summed E-state index contributed by atoms with van der Waals surface area (Å²) in [5.41, 5.74) is 1.23. The number of hydrogen-bond acceptors (Lipinski definition) is 3. The number of aromatic nitrogens is 2. The molecule has 0 saturated heterocycles. The van der Waals surface area contributed by atoms with E-state index in [0.717, 1.165) is 58.1 Å². The highest BCUT2D eigenvalue weighted by molar-refractivity contribution is 5.79. The summed E-state index contributed by atoms with van der Waals surface area (Å²) in [6.45, 7) is 8.41. The van der Waals surface area contributed by atoms with Gasteiger partial charge in [0.1, 0.15) is 0 Å². The number of hydrogen-bond donors (Lipinski definition) is 2. The van der Waals surface area contributed by atoms with E-state index in [1.165, 1.54) is 12.0 Å². The zero-order valence-corrected chi connectivity index (χ0v) is 14.3. The summed E-state index contributed by atoms with van der Waals surface area (Å²) in [6, 6.07) is 0. The fourth-order valence-corrected chi connectivity index (χ4v) is 1.97. The topological polar surface area (TPSA) is 63.5 Å². The summed E-state index contributed by atoms with van der Waals surface area (Å²) in [5, 5.41) is 10.8. The minimum atomic E-state index is 0.786. The first-order valence-corrected chi connectivity index (χ1v) is 8.33. The van der Waals surface area contributed by atoms with E-state index in [4.69, 9.17) is 4.74 Å². The molecule has 0 aliphatic carbocycles. The minimum absolute atomic E-state index is 0.786. The van der Waals surface area contributed by atoms with Gasteiger partial charge in [-0.1, -0.05) is 13.3 Å². The average molecular weight is 309 g/mol. The Hall–Kier alpha value is -1.56. The van der Waals surface area contributed by atoms with Crippen molar-refractivity contribution in [3.63, 3.8) is 0 Å². The van der Waals surface area contributed by atoms with Crippen LogP contribution in [0.3, 0.4) is 0 Å². The van der Waals surface area contributed by atoms with Crippen molar-refractivity contribution >= 4 is 5.96 Å². The van der Waals surface area contributed by atoms with Crippen LogP contribution in [-0.4, -0.2) is 48.6 Å². The lowest BCUT2D eigenvalue weighted by molar-refractivity contribution is 0.130. The molecule has 0 fully saturated rings. The van der Waals surface area contributed by atoms with Crippen LogP contribution in [0.4, 0.5) is 0 Å². The number of ether oxygens (including phenoxy) is 1. The second kappa shape index (κ2) is 12.0. The number of nitrogens with one attached hydrogen (secondary N) is 2. The molecule has 0 unspecified atom stereocenters. The first-order valence-electron chi connectivity index (χ1n) is 8.33. The molecule has 6 heteroatoms. The van der Waals surface area contributed by atoms with Gasteiger partial charge in [0.05, 0.1) is 6.20 Å². The molecule has 0 aliphatic rings. The summed E-state index contributed by atoms with van der Waals surface area (Å²) in [7, 11) is 1.94. The van der Waals surface area contributed by atoms with Gasteiger partial charge in [0.2, 0.25) is 0 Å². The van der Waals surface area contributed by atoms with Crippen LogP contribution < -0.4 is 10.6 Å². The lowest BCUT2D eigenvalue weighted by Crippen LogP contribution is -2.38. The molecular weight excluding hydrogens is 278 g/mol. The highest BCUT2D eigenvalue weighted by Gasteiger charge is 1.99. The molecule has 0 amide bonds. The third kappa shape index (κ3) is 8.67. The van der Waals surface area contributed by atoms with Gasteiger partial charge in [-0.25, -0.2) is 0 Å². The maximum atomic E-state index is 5.54. The van der Waals surface area contributed by atoms with Crippen molar-refractivity contribution in [3.05, 3.63) is 18.0 Å². The zero-order valence-electron chi connectivity index (χ0n) is 14.3. The Morgan fingerprint density at radius 2 is 2.09 bits per heavy atom. The molecule has 1 aromatic rings. The normalized spacial score (nSPS) is 11.7. The van der Waals surface area contributed by atoms with Gasteiger partial charge < -0.3 is 15.4 Å². The largest absolute Gasteiger partial charge is 0.381 e. The standard InChI is InChI=1S/C16H31N5O/c1-4-6-11-22-12-7-9-18-16(17-5-2)19-10-8-15-13-20-21(3)14-15/h13-14H,4-12H2,1-3H3,(H2,17,18,19). The number of nitrogens with zero attached hydrogens (tertiary/aromatic N) is 3. The Morgan fingerprint density at radius 1 is 1.27 bits per heavy atom. The molecule has 6 nitrogen and oxygen atoms in total. The number of aliphatic imine (C=N–C) groups is 1. The van der Waals surface area contributed by atoms with E-state index in [1.54, 1.807) is 0 Å². The van der Waals surface area contributed by atoms with Gasteiger partial charge in [-0.15, -0.1) is 0 Å². The summed E-state index contributed by atoms with van der Waals surface area (Å²) in [5.74, 6) is 0.875. The van der Waals surface area contributed by atoms with E-state index < -0.39 is 0 Å². The van der Waals surface area contributed by atoms with Gasteiger partial charge in [0, 0.05) is 46.1 Å². The number of aryl methyl sites for hydroxylation is 1. The molecule has 0 saturated carbocycles. The molecule has 0 spiro atoms. The molecule has 1 heterocycles. The number of unbranched alkanes of at least 4 members (excludes halogenated alkanes) is 1. The van der Waals surface area contributed by atoms with Crippen molar-refractivity contribution in [1.82, 2.24) is 20.4 Å². The molecule has 22 heavy (non-hydrogen) atoms. The van der Waals surface area contributed by atoms with Crippen molar-refractivity contribution in [2.45, 2.75) is 39.5 Å². The van der Waals surface area contributed by atoms with Crippen molar-refractivity contribution < 1.29 is 4.74 Å². The summed E-state index contributed by atoms with van der Waals surface area (Å²) >= 11 is 0. The Labute approximate surface area is 134 Å². The molecule has 0 aromatic carbocycles. The van der Waals surface area contributed by atoms with Crippen LogP contribution in [-0.2, 0) is 18.2 Å².